The highest BCUT2D eigenvalue weighted by Gasteiger charge is 2.18. The van der Waals surface area contributed by atoms with E-state index in [1.807, 2.05) is 0 Å². The second kappa shape index (κ2) is 5.88. The Kier molecular flexibility index (Phi) is 4.77. The van der Waals surface area contributed by atoms with Crippen molar-refractivity contribution in [2.75, 3.05) is 11.4 Å². The van der Waals surface area contributed by atoms with Gasteiger partial charge in [-0.25, -0.2) is 4.98 Å². The van der Waals surface area contributed by atoms with Gasteiger partial charge in [-0.2, -0.15) is 5.26 Å². The van der Waals surface area contributed by atoms with Crippen LogP contribution in [0.4, 0.5) is 5.82 Å². The van der Waals surface area contributed by atoms with Crippen LogP contribution in [-0.4, -0.2) is 17.6 Å². The van der Waals surface area contributed by atoms with Crippen LogP contribution < -0.4 is 4.90 Å². The van der Waals surface area contributed by atoms with Crippen LogP contribution in [-0.2, 0) is 0 Å². The van der Waals surface area contributed by atoms with Crippen molar-refractivity contribution in [3.05, 3.63) is 22.8 Å². The summed E-state index contributed by atoms with van der Waals surface area (Å²) in [7, 11) is 0. The first-order valence-electron chi connectivity index (χ1n) is 5.78. The second-order valence-electron chi connectivity index (χ2n) is 4.75. The highest BCUT2D eigenvalue weighted by atomic mass is 35.5. The van der Waals surface area contributed by atoms with E-state index in [1.165, 1.54) is 0 Å². The summed E-state index contributed by atoms with van der Waals surface area (Å²) in [6, 6.07) is 4.02. The molecule has 0 atom stereocenters. The van der Waals surface area contributed by atoms with Crippen LogP contribution in [0.15, 0.2) is 12.3 Å². The van der Waals surface area contributed by atoms with Crippen LogP contribution >= 0.6 is 11.6 Å². The molecular weight excluding hydrogens is 234 g/mol. The highest BCUT2D eigenvalue weighted by Crippen LogP contribution is 2.28. The Bertz CT molecular complexity index is 421. The van der Waals surface area contributed by atoms with Gasteiger partial charge in [0.2, 0.25) is 0 Å². The highest BCUT2D eigenvalue weighted by molar-refractivity contribution is 6.34. The summed E-state index contributed by atoms with van der Waals surface area (Å²) in [6.07, 6.45) is 1.63. The smallest absolute Gasteiger partial charge is 0.148 e. The minimum Gasteiger partial charge on any atom is -0.353 e. The molecule has 1 rings (SSSR count). The van der Waals surface area contributed by atoms with Crippen molar-refractivity contribution in [2.24, 2.45) is 5.92 Å². The molecule has 1 aromatic heterocycles. The van der Waals surface area contributed by atoms with Crippen molar-refractivity contribution in [3.63, 3.8) is 0 Å². The number of halogens is 1. The van der Waals surface area contributed by atoms with Crippen LogP contribution in [0.25, 0.3) is 0 Å². The third kappa shape index (κ3) is 3.34. The number of hydrogen-bond acceptors (Lipinski definition) is 3. The maximum atomic E-state index is 8.96. The molecule has 0 aliphatic rings. The minimum atomic E-state index is 0.302. The predicted molar refractivity (Wildman–Crippen MR) is 71.3 cm³/mol. The first-order valence-corrected chi connectivity index (χ1v) is 6.16. The van der Waals surface area contributed by atoms with E-state index in [0.29, 0.717) is 28.4 Å². The van der Waals surface area contributed by atoms with Crippen molar-refractivity contribution in [1.82, 2.24) is 4.98 Å². The van der Waals surface area contributed by atoms with Gasteiger partial charge >= 0.3 is 0 Å². The number of nitriles is 1. The van der Waals surface area contributed by atoms with Crippen molar-refractivity contribution < 1.29 is 0 Å². The first-order chi connectivity index (χ1) is 7.97. The monoisotopic (exact) mass is 251 g/mol. The molecule has 0 aromatic carbocycles. The molecule has 0 aliphatic carbocycles. The van der Waals surface area contributed by atoms with Crippen molar-refractivity contribution in [2.45, 2.75) is 33.7 Å². The topological polar surface area (TPSA) is 39.9 Å². The summed E-state index contributed by atoms with van der Waals surface area (Å²) >= 11 is 6.20. The zero-order valence-corrected chi connectivity index (χ0v) is 11.5. The van der Waals surface area contributed by atoms with Crippen LogP contribution in [0.3, 0.4) is 0 Å². The van der Waals surface area contributed by atoms with Gasteiger partial charge in [0.15, 0.2) is 0 Å². The van der Waals surface area contributed by atoms with Gasteiger partial charge in [0, 0.05) is 18.8 Å². The van der Waals surface area contributed by atoms with E-state index in [1.54, 1.807) is 12.3 Å². The molecule has 1 heterocycles. The summed E-state index contributed by atoms with van der Waals surface area (Å²) in [5.41, 5.74) is 0.478. The third-order valence-electron chi connectivity index (χ3n) is 2.45. The maximum absolute atomic E-state index is 8.96. The molecule has 0 fully saturated rings. The Hall–Kier alpha value is -1.27. The molecule has 0 radical (unpaired) electrons. The lowest BCUT2D eigenvalue weighted by Crippen LogP contribution is -2.35. The normalized spacial score (nSPS) is 10.7. The summed E-state index contributed by atoms with van der Waals surface area (Å²) in [4.78, 5) is 6.44. The molecule has 0 N–H and O–H groups in total. The van der Waals surface area contributed by atoms with E-state index in [9.17, 15) is 0 Å². The van der Waals surface area contributed by atoms with Gasteiger partial charge < -0.3 is 4.90 Å². The number of nitrogens with zero attached hydrogens (tertiary/aromatic N) is 3. The van der Waals surface area contributed by atoms with Gasteiger partial charge in [-0.1, -0.05) is 25.4 Å². The van der Waals surface area contributed by atoms with Gasteiger partial charge in [-0.15, -0.1) is 0 Å². The largest absolute Gasteiger partial charge is 0.353 e. The van der Waals surface area contributed by atoms with Crippen LogP contribution in [0, 0.1) is 17.2 Å². The predicted octanol–water partition coefficient (Wildman–Crippen LogP) is 3.48. The molecule has 0 spiro atoms. The quantitative estimate of drug-likeness (QED) is 0.823. The summed E-state index contributed by atoms with van der Waals surface area (Å²) in [6.45, 7) is 9.37. The molecule has 92 valence electrons. The lowest BCUT2D eigenvalue weighted by atomic mass is 10.1. The van der Waals surface area contributed by atoms with E-state index in [-0.39, 0.29) is 0 Å². The summed E-state index contributed by atoms with van der Waals surface area (Å²) < 4.78 is 0. The van der Waals surface area contributed by atoms with Gasteiger partial charge in [-0.3, -0.25) is 0 Å². The molecule has 3 nitrogen and oxygen atoms in total. The standard InChI is InChI=1S/C13H18ClN3/c1-9(2)8-17(10(3)4)13-12(14)11(7-15)5-6-16-13/h5-6,9-10H,8H2,1-4H3. The molecule has 17 heavy (non-hydrogen) atoms. The molecule has 0 saturated carbocycles. The van der Waals surface area contributed by atoms with Gasteiger partial charge in [0.05, 0.1) is 5.56 Å². The Morgan fingerprint density at radius 1 is 1.41 bits per heavy atom. The average molecular weight is 252 g/mol. The molecular formula is C13H18ClN3. The van der Waals surface area contributed by atoms with Crippen LogP contribution in [0.2, 0.25) is 5.02 Å². The number of aromatic nitrogens is 1. The van der Waals surface area contributed by atoms with Crippen LogP contribution in [0.1, 0.15) is 33.3 Å². The van der Waals surface area contributed by atoms with Crippen molar-refractivity contribution >= 4 is 17.4 Å². The fourth-order valence-electron chi connectivity index (χ4n) is 1.65. The van der Waals surface area contributed by atoms with Crippen LogP contribution in [0.5, 0.6) is 0 Å². The molecule has 0 bridgehead atoms. The zero-order chi connectivity index (χ0) is 13.0. The Labute approximate surface area is 108 Å². The van der Waals surface area contributed by atoms with E-state index >= 15 is 0 Å². The summed E-state index contributed by atoms with van der Waals surface area (Å²) in [5, 5.41) is 9.41. The number of hydrogen-bond donors (Lipinski definition) is 0. The van der Waals surface area contributed by atoms with Crippen molar-refractivity contribution in [1.29, 1.82) is 5.26 Å². The molecule has 0 saturated heterocycles. The Balaban J connectivity index is 3.15. The molecule has 0 aliphatic heterocycles. The lowest BCUT2D eigenvalue weighted by molar-refractivity contribution is 0.566. The summed E-state index contributed by atoms with van der Waals surface area (Å²) in [5.74, 6) is 1.22. The van der Waals surface area contributed by atoms with E-state index in [4.69, 9.17) is 16.9 Å². The van der Waals surface area contributed by atoms with E-state index in [0.717, 1.165) is 6.54 Å². The molecule has 0 unspecified atom stereocenters. The fourth-order valence-corrected chi connectivity index (χ4v) is 1.92. The molecule has 1 aromatic rings. The van der Waals surface area contributed by atoms with Gasteiger partial charge in [0.1, 0.15) is 16.9 Å². The SMILES string of the molecule is CC(C)CN(c1nccc(C#N)c1Cl)C(C)C. The maximum Gasteiger partial charge on any atom is 0.148 e. The van der Waals surface area contributed by atoms with Crippen molar-refractivity contribution in [3.8, 4) is 6.07 Å². The zero-order valence-electron chi connectivity index (χ0n) is 10.7. The average Bonchev–Trinajstić information content (AvgIpc) is 2.26. The second-order valence-corrected chi connectivity index (χ2v) is 5.13. The molecule has 0 amide bonds. The Morgan fingerprint density at radius 2 is 2.06 bits per heavy atom. The first kappa shape index (κ1) is 13.8. The lowest BCUT2D eigenvalue weighted by Gasteiger charge is -2.30. The van der Waals surface area contributed by atoms with E-state index < -0.39 is 0 Å². The third-order valence-corrected chi connectivity index (χ3v) is 2.82. The van der Waals surface area contributed by atoms with Gasteiger partial charge in [0.25, 0.3) is 0 Å². The number of anilines is 1. The van der Waals surface area contributed by atoms with Gasteiger partial charge in [-0.05, 0) is 25.8 Å². The molecule has 4 heteroatoms. The minimum absolute atomic E-state index is 0.302. The number of rotatable bonds is 4. The number of pyridine rings is 1. The Morgan fingerprint density at radius 3 is 2.53 bits per heavy atom. The fraction of sp³-hybridized carbons (Fsp3) is 0.538. The van der Waals surface area contributed by atoms with E-state index in [2.05, 4.69) is 43.6 Å².